The summed E-state index contributed by atoms with van der Waals surface area (Å²) in [4.78, 5) is 1.30. The Morgan fingerprint density at radius 1 is 1.36 bits per heavy atom. The molecule has 3 heteroatoms. The topological polar surface area (TPSA) is 21.3 Å². The second kappa shape index (κ2) is 4.82. The van der Waals surface area contributed by atoms with E-state index in [-0.39, 0.29) is 0 Å². The number of ether oxygens (including phenoxy) is 1. The molecular formula is C11H15NOS. The summed E-state index contributed by atoms with van der Waals surface area (Å²) in [5.74, 6) is 0. The van der Waals surface area contributed by atoms with E-state index in [0.717, 1.165) is 19.7 Å². The van der Waals surface area contributed by atoms with Gasteiger partial charge in [-0.1, -0.05) is 12.1 Å². The van der Waals surface area contributed by atoms with Gasteiger partial charge in [-0.3, -0.25) is 0 Å². The molecule has 0 bridgehead atoms. The minimum atomic E-state index is 0.426. The van der Waals surface area contributed by atoms with Crippen molar-refractivity contribution < 1.29 is 4.74 Å². The lowest BCUT2D eigenvalue weighted by Gasteiger charge is -2.27. The van der Waals surface area contributed by atoms with E-state index in [2.05, 4.69) is 35.8 Å². The highest BCUT2D eigenvalue weighted by molar-refractivity contribution is 7.98. The van der Waals surface area contributed by atoms with Gasteiger partial charge in [0, 0.05) is 18.0 Å². The van der Waals surface area contributed by atoms with Crippen LogP contribution in [0.1, 0.15) is 5.56 Å². The van der Waals surface area contributed by atoms with Gasteiger partial charge in [0.1, 0.15) is 0 Å². The highest BCUT2D eigenvalue weighted by Gasteiger charge is 2.16. The van der Waals surface area contributed by atoms with E-state index in [0.29, 0.717) is 6.10 Å². The molecule has 1 fully saturated rings. The lowest BCUT2D eigenvalue weighted by atomic mass is 10.2. The summed E-state index contributed by atoms with van der Waals surface area (Å²) in [6, 6.07) is 8.56. The first-order chi connectivity index (χ1) is 6.88. The average molecular weight is 209 g/mol. The van der Waals surface area contributed by atoms with E-state index in [1.807, 2.05) is 0 Å². The molecule has 1 saturated heterocycles. The maximum absolute atomic E-state index is 5.67. The van der Waals surface area contributed by atoms with Crippen molar-refractivity contribution >= 4 is 11.8 Å². The van der Waals surface area contributed by atoms with Crippen molar-refractivity contribution in [2.75, 3.05) is 19.3 Å². The van der Waals surface area contributed by atoms with Gasteiger partial charge in [0.15, 0.2) is 0 Å². The second-order valence-corrected chi connectivity index (χ2v) is 4.32. The fraction of sp³-hybridized carbons (Fsp3) is 0.455. The summed E-state index contributed by atoms with van der Waals surface area (Å²) in [7, 11) is 0. The Kier molecular flexibility index (Phi) is 3.45. The maximum Gasteiger partial charge on any atom is 0.0828 e. The number of hydrogen-bond donors (Lipinski definition) is 1. The molecular weight excluding hydrogens is 194 g/mol. The molecule has 1 aromatic carbocycles. The molecule has 1 aliphatic rings. The molecule has 1 N–H and O–H groups in total. The summed E-state index contributed by atoms with van der Waals surface area (Å²) < 4.78 is 5.67. The molecule has 0 amide bonds. The maximum atomic E-state index is 5.67. The number of hydrogen-bond acceptors (Lipinski definition) is 3. The van der Waals surface area contributed by atoms with Crippen molar-refractivity contribution in [1.29, 1.82) is 0 Å². The van der Waals surface area contributed by atoms with Crippen molar-refractivity contribution in [2.45, 2.75) is 17.6 Å². The SMILES string of the molecule is CSc1ccc(COC2CNC2)cc1. The average Bonchev–Trinajstić information content (AvgIpc) is 2.16. The Labute approximate surface area is 89.0 Å². The second-order valence-electron chi connectivity index (χ2n) is 3.44. The fourth-order valence-electron chi connectivity index (χ4n) is 1.32. The van der Waals surface area contributed by atoms with Gasteiger partial charge >= 0.3 is 0 Å². The van der Waals surface area contributed by atoms with Gasteiger partial charge in [-0.15, -0.1) is 11.8 Å². The molecule has 0 spiro atoms. The minimum absolute atomic E-state index is 0.426. The molecule has 0 aliphatic carbocycles. The molecule has 0 saturated carbocycles. The van der Waals surface area contributed by atoms with Crippen LogP contribution in [-0.4, -0.2) is 25.4 Å². The van der Waals surface area contributed by atoms with Crippen LogP contribution >= 0.6 is 11.8 Å². The van der Waals surface area contributed by atoms with Gasteiger partial charge in [0.2, 0.25) is 0 Å². The minimum Gasteiger partial charge on any atom is -0.371 e. The van der Waals surface area contributed by atoms with Crippen LogP contribution < -0.4 is 5.32 Å². The van der Waals surface area contributed by atoms with Crippen LogP contribution in [0.2, 0.25) is 0 Å². The number of thioether (sulfide) groups is 1. The largest absolute Gasteiger partial charge is 0.371 e. The Hall–Kier alpha value is -0.510. The smallest absolute Gasteiger partial charge is 0.0828 e. The highest BCUT2D eigenvalue weighted by atomic mass is 32.2. The monoisotopic (exact) mass is 209 g/mol. The van der Waals surface area contributed by atoms with Gasteiger partial charge < -0.3 is 10.1 Å². The molecule has 1 aromatic rings. The van der Waals surface area contributed by atoms with Crippen LogP contribution in [0, 0.1) is 0 Å². The molecule has 1 aliphatic heterocycles. The molecule has 1 heterocycles. The van der Waals surface area contributed by atoms with Crippen LogP contribution in [-0.2, 0) is 11.3 Å². The van der Waals surface area contributed by atoms with Crippen molar-refractivity contribution in [3.8, 4) is 0 Å². The zero-order chi connectivity index (χ0) is 9.80. The molecule has 2 nitrogen and oxygen atoms in total. The van der Waals surface area contributed by atoms with Crippen molar-refractivity contribution in [2.24, 2.45) is 0 Å². The highest BCUT2D eigenvalue weighted by Crippen LogP contribution is 2.15. The van der Waals surface area contributed by atoms with Gasteiger partial charge in [-0.25, -0.2) is 0 Å². The zero-order valence-corrected chi connectivity index (χ0v) is 9.14. The molecule has 0 unspecified atom stereocenters. The van der Waals surface area contributed by atoms with Gasteiger partial charge in [-0.2, -0.15) is 0 Å². The van der Waals surface area contributed by atoms with E-state index in [1.165, 1.54) is 10.5 Å². The van der Waals surface area contributed by atoms with E-state index < -0.39 is 0 Å². The quantitative estimate of drug-likeness (QED) is 0.765. The van der Waals surface area contributed by atoms with E-state index in [9.17, 15) is 0 Å². The summed E-state index contributed by atoms with van der Waals surface area (Å²) >= 11 is 1.77. The first kappa shape index (κ1) is 10.0. The van der Waals surface area contributed by atoms with Crippen molar-refractivity contribution in [1.82, 2.24) is 5.32 Å². The standard InChI is InChI=1S/C11H15NOS/c1-14-11-4-2-9(3-5-11)8-13-10-6-12-7-10/h2-5,10,12H,6-8H2,1H3. The number of nitrogens with one attached hydrogen (secondary N) is 1. The summed E-state index contributed by atoms with van der Waals surface area (Å²) in [5.41, 5.74) is 1.26. The zero-order valence-electron chi connectivity index (χ0n) is 8.32. The van der Waals surface area contributed by atoms with E-state index in [4.69, 9.17) is 4.74 Å². The Morgan fingerprint density at radius 3 is 2.57 bits per heavy atom. The van der Waals surface area contributed by atoms with Crippen LogP contribution in [0.15, 0.2) is 29.2 Å². The Morgan fingerprint density at radius 2 is 2.07 bits per heavy atom. The van der Waals surface area contributed by atoms with Crippen LogP contribution in [0.4, 0.5) is 0 Å². The van der Waals surface area contributed by atoms with E-state index in [1.54, 1.807) is 11.8 Å². The summed E-state index contributed by atoms with van der Waals surface area (Å²) in [6.07, 6.45) is 2.51. The third-order valence-corrected chi connectivity index (χ3v) is 3.13. The number of rotatable bonds is 4. The van der Waals surface area contributed by atoms with Crippen molar-refractivity contribution in [3.63, 3.8) is 0 Å². The van der Waals surface area contributed by atoms with Crippen molar-refractivity contribution in [3.05, 3.63) is 29.8 Å². The first-order valence-corrected chi connectivity index (χ1v) is 6.06. The first-order valence-electron chi connectivity index (χ1n) is 4.84. The van der Waals surface area contributed by atoms with Crippen LogP contribution in [0.5, 0.6) is 0 Å². The fourth-order valence-corrected chi connectivity index (χ4v) is 1.72. The molecule has 0 aromatic heterocycles. The summed E-state index contributed by atoms with van der Waals surface area (Å²) in [6.45, 7) is 2.74. The van der Waals surface area contributed by atoms with E-state index >= 15 is 0 Å². The lowest BCUT2D eigenvalue weighted by Crippen LogP contribution is -2.48. The third kappa shape index (κ3) is 2.50. The molecule has 0 atom stereocenters. The number of benzene rings is 1. The predicted molar refractivity (Wildman–Crippen MR) is 59.7 cm³/mol. The Bertz CT molecular complexity index is 282. The van der Waals surface area contributed by atoms with Gasteiger partial charge in [0.05, 0.1) is 12.7 Å². The normalized spacial score (nSPS) is 16.6. The van der Waals surface area contributed by atoms with Crippen LogP contribution in [0.3, 0.4) is 0 Å². The molecule has 14 heavy (non-hydrogen) atoms. The Balaban J connectivity index is 1.83. The lowest BCUT2D eigenvalue weighted by molar-refractivity contribution is 0.00757. The van der Waals surface area contributed by atoms with Gasteiger partial charge in [0.25, 0.3) is 0 Å². The summed E-state index contributed by atoms with van der Waals surface area (Å²) in [5, 5.41) is 3.19. The van der Waals surface area contributed by atoms with Gasteiger partial charge in [-0.05, 0) is 24.0 Å². The predicted octanol–water partition coefficient (Wildman–Crippen LogP) is 1.90. The van der Waals surface area contributed by atoms with Crippen LogP contribution in [0.25, 0.3) is 0 Å². The molecule has 76 valence electrons. The third-order valence-electron chi connectivity index (χ3n) is 2.39. The molecule has 0 radical (unpaired) electrons. The molecule has 2 rings (SSSR count).